The summed E-state index contributed by atoms with van der Waals surface area (Å²) in [6.07, 6.45) is 2.15. The Kier molecular flexibility index (Phi) is 4.55. The summed E-state index contributed by atoms with van der Waals surface area (Å²) in [5, 5.41) is 5.42. The van der Waals surface area contributed by atoms with Crippen LogP contribution < -0.4 is 15.5 Å². The first-order valence-electron chi connectivity index (χ1n) is 8.00. The van der Waals surface area contributed by atoms with Crippen LogP contribution in [0.4, 0.5) is 10.5 Å². The van der Waals surface area contributed by atoms with Crippen LogP contribution >= 0.6 is 0 Å². The number of nitrogens with one attached hydrogen (secondary N) is 2. The fraction of sp³-hybridized carbons (Fsp3) is 0.333. The van der Waals surface area contributed by atoms with Gasteiger partial charge in [0.25, 0.3) is 0 Å². The van der Waals surface area contributed by atoms with Crippen LogP contribution in [0, 0.1) is 13.8 Å². The first-order chi connectivity index (χ1) is 11.5. The van der Waals surface area contributed by atoms with Crippen molar-refractivity contribution in [3.05, 3.63) is 53.5 Å². The Labute approximate surface area is 140 Å². The number of hydrogen-bond acceptors (Lipinski definition) is 3. The van der Waals surface area contributed by atoms with Gasteiger partial charge in [-0.25, -0.2) is 4.79 Å². The number of carbonyl (C=O) groups excluding carboxylic acids is 2. The van der Waals surface area contributed by atoms with Gasteiger partial charge < -0.3 is 20.0 Å². The van der Waals surface area contributed by atoms with Crippen molar-refractivity contribution in [3.8, 4) is 0 Å². The molecule has 0 bridgehead atoms. The maximum Gasteiger partial charge on any atom is 0.315 e. The third-order valence-corrected chi connectivity index (χ3v) is 4.32. The maximum atomic E-state index is 12.5. The number of aryl methyl sites for hydroxylation is 2. The van der Waals surface area contributed by atoms with Gasteiger partial charge in [0.15, 0.2) is 0 Å². The van der Waals surface area contributed by atoms with Gasteiger partial charge >= 0.3 is 6.03 Å². The number of benzene rings is 1. The van der Waals surface area contributed by atoms with Crippen molar-refractivity contribution in [2.45, 2.75) is 32.9 Å². The molecule has 0 radical (unpaired) electrons. The average molecular weight is 327 g/mol. The highest BCUT2D eigenvalue weighted by Gasteiger charge is 2.33. The van der Waals surface area contributed by atoms with Crippen molar-refractivity contribution >= 4 is 17.6 Å². The van der Waals surface area contributed by atoms with Crippen LogP contribution in [-0.4, -0.2) is 24.5 Å². The molecule has 0 saturated carbocycles. The van der Waals surface area contributed by atoms with Crippen LogP contribution in [0.15, 0.2) is 41.0 Å². The highest BCUT2D eigenvalue weighted by Crippen LogP contribution is 2.24. The fourth-order valence-electron chi connectivity index (χ4n) is 2.75. The summed E-state index contributed by atoms with van der Waals surface area (Å²) in [5.41, 5.74) is 3.22. The van der Waals surface area contributed by atoms with Gasteiger partial charge in [-0.1, -0.05) is 6.07 Å². The minimum atomic E-state index is -0.497. The summed E-state index contributed by atoms with van der Waals surface area (Å²) in [4.78, 5) is 26.2. The molecule has 0 aliphatic carbocycles. The molecule has 2 heterocycles. The van der Waals surface area contributed by atoms with E-state index in [4.69, 9.17) is 4.42 Å². The van der Waals surface area contributed by atoms with Crippen molar-refractivity contribution in [2.75, 3.05) is 11.4 Å². The largest absolute Gasteiger partial charge is 0.467 e. The predicted molar refractivity (Wildman–Crippen MR) is 90.8 cm³/mol. The van der Waals surface area contributed by atoms with Crippen molar-refractivity contribution in [1.29, 1.82) is 0 Å². The lowest BCUT2D eigenvalue weighted by Gasteiger charge is -2.18. The van der Waals surface area contributed by atoms with Crippen LogP contribution in [0.1, 0.15) is 23.3 Å². The zero-order valence-electron chi connectivity index (χ0n) is 13.8. The Morgan fingerprint density at radius 2 is 2.12 bits per heavy atom. The highest BCUT2D eigenvalue weighted by molar-refractivity contribution is 6.01. The van der Waals surface area contributed by atoms with E-state index in [-0.39, 0.29) is 11.9 Å². The van der Waals surface area contributed by atoms with E-state index in [1.807, 2.05) is 32.0 Å². The second-order valence-corrected chi connectivity index (χ2v) is 6.01. The van der Waals surface area contributed by atoms with Gasteiger partial charge in [0.05, 0.1) is 12.8 Å². The zero-order chi connectivity index (χ0) is 17.1. The molecular weight excluding hydrogens is 306 g/mol. The van der Waals surface area contributed by atoms with Crippen LogP contribution in [-0.2, 0) is 11.3 Å². The van der Waals surface area contributed by atoms with E-state index in [0.29, 0.717) is 25.3 Å². The normalized spacial score (nSPS) is 17.2. The van der Waals surface area contributed by atoms with Gasteiger partial charge in [0, 0.05) is 12.2 Å². The van der Waals surface area contributed by atoms with E-state index in [9.17, 15) is 9.59 Å². The molecular formula is C18H21N3O3. The second-order valence-electron chi connectivity index (χ2n) is 6.01. The minimum Gasteiger partial charge on any atom is -0.467 e. The Balaban J connectivity index is 1.57. The Hall–Kier alpha value is -2.76. The lowest BCUT2D eigenvalue weighted by Crippen LogP contribution is -2.45. The van der Waals surface area contributed by atoms with Crippen LogP contribution in [0.5, 0.6) is 0 Å². The summed E-state index contributed by atoms with van der Waals surface area (Å²) in [5.74, 6) is 0.589. The molecule has 24 heavy (non-hydrogen) atoms. The van der Waals surface area contributed by atoms with Gasteiger partial charge in [0.1, 0.15) is 11.8 Å². The molecule has 3 amide bonds. The predicted octanol–water partition coefficient (Wildman–Crippen LogP) is 2.50. The maximum absolute atomic E-state index is 12.5. The lowest BCUT2D eigenvalue weighted by molar-refractivity contribution is -0.118. The van der Waals surface area contributed by atoms with Crippen LogP contribution in [0.25, 0.3) is 0 Å². The van der Waals surface area contributed by atoms with E-state index >= 15 is 0 Å². The van der Waals surface area contributed by atoms with Gasteiger partial charge in [-0.3, -0.25) is 4.79 Å². The van der Waals surface area contributed by atoms with Gasteiger partial charge in [-0.15, -0.1) is 0 Å². The molecule has 126 valence electrons. The standard InChI is InChI=1S/C18H21N3O3/c1-12-5-6-14(10-13(12)2)21-8-7-16(17(21)22)20-18(23)19-11-15-4-3-9-24-15/h3-6,9-10,16H,7-8,11H2,1-2H3,(H2,19,20,23). The molecule has 6 nitrogen and oxygen atoms in total. The molecule has 1 saturated heterocycles. The van der Waals surface area contributed by atoms with Gasteiger partial charge in [0.2, 0.25) is 5.91 Å². The SMILES string of the molecule is Cc1ccc(N2CCC(NC(=O)NCc3ccco3)C2=O)cc1C. The Bertz CT molecular complexity index is 740. The number of nitrogens with zero attached hydrogens (tertiary/aromatic N) is 1. The van der Waals surface area contributed by atoms with E-state index in [1.165, 1.54) is 5.56 Å². The first kappa shape index (κ1) is 16.1. The van der Waals surface area contributed by atoms with E-state index in [1.54, 1.807) is 23.3 Å². The molecule has 1 atom stereocenters. The smallest absolute Gasteiger partial charge is 0.315 e. The zero-order valence-corrected chi connectivity index (χ0v) is 13.8. The van der Waals surface area contributed by atoms with Crippen molar-refractivity contribution in [3.63, 3.8) is 0 Å². The molecule has 1 aromatic carbocycles. The molecule has 1 unspecified atom stereocenters. The Morgan fingerprint density at radius 3 is 2.83 bits per heavy atom. The number of amides is 3. The summed E-state index contributed by atoms with van der Waals surface area (Å²) in [6.45, 7) is 4.96. The molecule has 1 aliphatic heterocycles. The van der Waals surface area contributed by atoms with Crippen molar-refractivity contribution in [2.24, 2.45) is 0 Å². The fourth-order valence-corrected chi connectivity index (χ4v) is 2.75. The number of rotatable bonds is 4. The third-order valence-electron chi connectivity index (χ3n) is 4.32. The molecule has 1 aliphatic rings. The van der Waals surface area contributed by atoms with E-state index in [2.05, 4.69) is 10.6 Å². The molecule has 6 heteroatoms. The first-order valence-corrected chi connectivity index (χ1v) is 8.00. The van der Waals surface area contributed by atoms with E-state index < -0.39 is 6.04 Å². The quantitative estimate of drug-likeness (QED) is 0.906. The molecule has 2 aromatic rings. The molecule has 2 N–H and O–H groups in total. The van der Waals surface area contributed by atoms with Crippen molar-refractivity contribution < 1.29 is 14.0 Å². The summed E-state index contributed by atoms with van der Waals surface area (Å²) < 4.78 is 5.15. The number of anilines is 1. The third kappa shape index (κ3) is 3.42. The monoisotopic (exact) mass is 327 g/mol. The number of hydrogen-bond donors (Lipinski definition) is 2. The van der Waals surface area contributed by atoms with Gasteiger partial charge in [-0.2, -0.15) is 0 Å². The Morgan fingerprint density at radius 1 is 1.29 bits per heavy atom. The summed E-state index contributed by atoms with van der Waals surface area (Å²) in [6, 6.07) is 8.63. The van der Waals surface area contributed by atoms with E-state index in [0.717, 1.165) is 11.3 Å². The van der Waals surface area contributed by atoms with Gasteiger partial charge in [-0.05, 0) is 55.7 Å². The second kappa shape index (κ2) is 6.78. The molecule has 1 aromatic heterocycles. The number of urea groups is 1. The minimum absolute atomic E-state index is 0.0774. The van der Waals surface area contributed by atoms with Crippen LogP contribution in [0.2, 0.25) is 0 Å². The van der Waals surface area contributed by atoms with Crippen LogP contribution in [0.3, 0.4) is 0 Å². The molecule has 0 spiro atoms. The average Bonchev–Trinajstić information content (AvgIpc) is 3.19. The molecule has 1 fully saturated rings. The summed E-state index contributed by atoms with van der Waals surface area (Å²) in [7, 11) is 0. The number of carbonyl (C=O) groups is 2. The van der Waals surface area contributed by atoms with Crippen molar-refractivity contribution in [1.82, 2.24) is 10.6 Å². The highest BCUT2D eigenvalue weighted by atomic mass is 16.3. The topological polar surface area (TPSA) is 74.6 Å². The molecule has 3 rings (SSSR count). The lowest BCUT2D eigenvalue weighted by atomic mass is 10.1. The number of furan rings is 1. The summed E-state index contributed by atoms with van der Waals surface area (Å²) >= 11 is 0.